The summed E-state index contributed by atoms with van der Waals surface area (Å²) in [7, 11) is 0. The van der Waals surface area contributed by atoms with Gasteiger partial charge in [-0.15, -0.1) is 0 Å². The molecule has 0 spiro atoms. The van der Waals surface area contributed by atoms with E-state index in [1.807, 2.05) is 0 Å². The quantitative estimate of drug-likeness (QED) is 0.373. The van der Waals surface area contributed by atoms with E-state index in [4.69, 9.17) is 28.0 Å². The molecule has 0 bridgehead atoms. The van der Waals surface area contributed by atoms with Crippen molar-refractivity contribution < 1.29 is 40.4 Å². The highest BCUT2D eigenvalue weighted by atomic mass is 35.5. The molecule has 0 saturated carbocycles. The van der Waals surface area contributed by atoms with Crippen molar-refractivity contribution in [1.82, 2.24) is 4.90 Å². The van der Waals surface area contributed by atoms with Gasteiger partial charge < -0.3 is 9.74 Å². The molecule has 0 aliphatic carbocycles. The number of carbonyl (C=O) groups excluding carboxylic acids is 1. The Bertz CT molecular complexity index is 1210. The van der Waals surface area contributed by atoms with Crippen molar-refractivity contribution in [3.05, 3.63) is 68.7 Å². The Morgan fingerprint density at radius 1 is 1.14 bits per heavy atom. The predicted molar refractivity (Wildman–Crippen MR) is 118 cm³/mol. The topological polar surface area (TPSA) is 41.9 Å². The standard InChI is InChI=1S/C23H17Cl2F7N2O2/c1-2-18(35)34-10-16(26)20(34)12-5-3-11(4-6-12)17-9-21(36-33-17,23(30,31)32)13-7-14(22(27,28)29)19(25)15(24)8-13/h3-8,16,20H,2,9-10H2,1H3. The van der Waals surface area contributed by atoms with Gasteiger partial charge in [0.15, 0.2) is 0 Å². The lowest BCUT2D eigenvalue weighted by atomic mass is 9.85. The summed E-state index contributed by atoms with van der Waals surface area (Å²) in [6.07, 6.45) is -12.3. The highest BCUT2D eigenvalue weighted by Gasteiger charge is 2.63. The van der Waals surface area contributed by atoms with Crippen LogP contribution in [0.3, 0.4) is 0 Å². The van der Waals surface area contributed by atoms with Crippen LogP contribution >= 0.6 is 23.2 Å². The number of halogens is 9. The number of carbonyl (C=O) groups is 1. The summed E-state index contributed by atoms with van der Waals surface area (Å²) in [6, 6.07) is 5.81. The fourth-order valence-corrected chi connectivity index (χ4v) is 4.70. The number of hydrogen-bond acceptors (Lipinski definition) is 3. The van der Waals surface area contributed by atoms with Gasteiger partial charge in [0.05, 0.1) is 33.9 Å². The molecule has 2 aliphatic heterocycles. The second-order valence-electron chi connectivity index (χ2n) is 8.43. The second-order valence-corrected chi connectivity index (χ2v) is 9.22. The minimum absolute atomic E-state index is 0.0443. The molecule has 1 fully saturated rings. The fraction of sp³-hybridized carbons (Fsp3) is 0.391. The summed E-state index contributed by atoms with van der Waals surface area (Å²) in [6.45, 7) is 1.60. The molecular weight excluding hydrogens is 540 g/mol. The van der Waals surface area contributed by atoms with E-state index in [0.29, 0.717) is 11.6 Å². The number of benzene rings is 2. The number of rotatable bonds is 4. The van der Waals surface area contributed by atoms with Crippen LogP contribution in [0.25, 0.3) is 0 Å². The lowest BCUT2D eigenvalue weighted by molar-refractivity contribution is -0.276. The van der Waals surface area contributed by atoms with E-state index in [-0.39, 0.29) is 36.2 Å². The number of oxime groups is 1. The summed E-state index contributed by atoms with van der Waals surface area (Å²) in [5.41, 5.74) is -5.24. The molecule has 0 N–H and O–H groups in total. The highest BCUT2D eigenvalue weighted by Crippen LogP contribution is 2.51. The molecule has 0 aromatic heterocycles. The van der Waals surface area contributed by atoms with E-state index in [0.717, 1.165) is 0 Å². The van der Waals surface area contributed by atoms with Crippen LogP contribution in [0.5, 0.6) is 0 Å². The van der Waals surface area contributed by atoms with E-state index in [1.165, 1.54) is 29.2 Å². The lowest BCUT2D eigenvalue weighted by Gasteiger charge is -2.44. The summed E-state index contributed by atoms with van der Waals surface area (Å²) < 4.78 is 97.0. The molecule has 4 rings (SSSR count). The van der Waals surface area contributed by atoms with Crippen molar-refractivity contribution in [3.8, 4) is 0 Å². The molecule has 194 valence electrons. The Hall–Kier alpha value is -2.53. The van der Waals surface area contributed by atoms with E-state index >= 15 is 0 Å². The lowest BCUT2D eigenvalue weighted by Crippen LogP contribution is -2.53. The third-order valence-corrected chi connectivity index (χ3v) is 7.05. The molecule has 2 aromatic rings. The summed E-state index contributed by atoms with van der Waals surface area (Å²) in [5, 5.41) is 1.87. The molecule has 3 unspecified atom stereocenters. The second kappa shape index (κ2) is 9.09. The predicted octanol–water partition coefficient (Wildman–Crippen LogP) is 7.23. The highest BCUT2D eigenvalue weighted by molar-refractivity contribution is 6.42. The maximum atomic E-state index is 14.2. The third-order valence-electron chi connectivity index (χ3n) is 6.24. The van der Waals surface area contributed by atoms with Gasteiger partial charge in [-0.2, -0.15) is 26.3 Å². The minimum Gasteiger partial charge on any atom is -0.374 e. The van der Waals surface area contributed by atoms with Gasteiger partial charge in [0.2, 0.25) is 5.91 Å². The molecule has 13 heteroatoms. The number of likely N-dealkylation sites (tertiary alicyclic amines) is 1. The molecular formula is C23H17Cl2F7N2O2. The van der Waals surface area contributed by atoms with Gasteiger partial charge >= 0.3 is 12.4 Å². The molecule has 36 heavy (non-hydrogen) atoms. The Labute approximate surface area is 210 Å². The van der Waals surface area contributed by atoms with Gasteiger partial charge in [0.25, 0.3) is 5.60 Å². The van der Waals surface area contributed by atoms with Gasteiger partial charge in [-0.05, 0) is 23.3 Å². The fourth-order valence-electron chi connectivity index (χ4n) is 4.27. The minimum atomic E-state index is -5.17. The Morgan fingerprint density at radius 2 is 1.78 bits per heavy atom. The van der Waals surface area contributed by atoms with Crippen molar-refractivity contribution in [3.63, 3.8) is 0 Å². The van der Waals surface area contributed by atoms with Gasteiger partial charge in [-0.25, -0.2) is 4.39 Å². The number of alkyl halides is 7. The first-order valence-corrected chi connectivity index (χ1v) is 11.4. The van der Waals surface area contributed by atoms with Crippen molar-refractivity contribution in [2.24, 2.45) is 5.16 Å². The Balaban J connectivity index is 1.65. The van der Waals surface area contributed by atoms with Crippen LogP contribution < -0.4 is 0 Å². The molecule has 2 aliphatic rings. The largest absolute Gasteiger partial charge is 0.435 e. The van der Waals surface area contributed by atoms with Crippen LogP contribution in [0, 0.1) is 0 Å². The van der Waals surface area contributed by atoms with Crippen LogP contribution in [0.1, 0.15) is 48.1 Å². The molecule has 1 amide bonds. The molecule has 4 nitrogen and oxygen atoms in total. The summed E-state index contributed by atoms with van der Waals surface area (Å²) in [5.74, 6) is -0.235. The molecule has 1 saturated heterocycles. The average molecular weight is 557 g/mol. The zero-order chi connectivity index (χ0) is 26.6. The van der Waals surface area contributed by atoms with Crippen LogP contribution in [0.2, 0.25) is 10.0 Å². The van der Waals surface area contributed by atoms with E-state index < -0.39 is 57.8 Å². The zero-order valence-corrected chi connectivity index (χ0v) is 19.9. The Kier molecular flexibility index (Phi) is 6.70. The van der Waals surface area contributed by atoms with E-state index in [9.17, 15) is 35.5 Å². The molecule has 2 aromatic carbocycles. The maximum absolute atomic E-state index is 14.2. The maximum Gasteiger partial charge on any atom is 0.435 e. The zero-order valence-electron chi connectivity index (χ0n) is 18.4. The average Bonchev–Trinajstić information content (AvgIpc) is 3.25. The number of hydrogen-bond donors (Lipinski definition) is 0. The van der Waals surface area contributed by atoms with Crippen LogP contribution in [0.15, 0.2) is 41.6 Å². The first kappa shape index (κ1) is 26.5. The third kappa shape index (κ3) is 4.40. The van der Waals surface area contributed by atoms with Gasteiger partial charge in [0, 0.05) is 18.4 Å². The van der Waals surface area contributed by atoms with E-state index in [2.05, 4.69) is 5.16 Å². The van der Waals surface area contributed by atoms with Crippen LogP contribution in [0.4, 0.5) is 30.7 Å². The van der Waals surface area contributed by atoms with Crippen molar-refractivity contribution in [2.75, 3.05) is 6.54 Å². The van der Waals surface area contributed by atoms with Gasteiger partial charge in [-0.1, -0.05) is 59.5 Å². The normalized spacial score (nSPS) is 24.3. The van der Waals surface area contributed by atoms with Gasteiger partial charge in [0.1, 0.15) is 6.17 Å². The van der Waals surface area contributed by atoms with Crippen LogP contribution in [-0.2, 0) is 21.4 Å². The van der Waals surface area contributed by atoms with E-state index in [1.54, 1.807) is 6.92 Å². The van der Waals surface area contributed by atoms with Crippen LogP contribution in [-0.4, -0.2) is 35.4 Å². The van der Waals surface area contributed by atoms with Crippen molar-refractivity contribution in [1.29, 1.82) is 0 Å². The van der Waals surface area contributed by atoms with Gasteiger partial charge in [-0.3, -0.25) is 4.79 Å². The van der Waals surface area contributed by atoms with Crippen molar-refractivity contribution in [2.45, 2.75) is 49.9 Å². The monoisotopic (exact) mass is 556 g/mol. The summed E-state index contributed by atoms with van der Waals surface area (Å²) >= 11 is 11.3. The first-order valence-electron chi connectivity index (χ1n) is 10.6. The van der Waals surface area contributed by atoms with Crippen molar-refractivity contribution >= 4 is 34.8 Å². The Morgan fingerprint density at radius 3 is 2.31 bits per heavy atom. The molecule has 0 radical (unpaired) electrons. The molecule has 2 heterocycles. The first-order chi connectivity index (χ1) is 16.7. The number of nitrogens with zero attached hydrogens (tertiary/aromatic N) is 2. The number of amides is 1. The molecule has 3 atom stereocenters. The summed E-state index contributed by atoms with van der Waals surface area (Å²) in [4.78, 5) is 18.1. The smallest absolute Gasteiger partial charge is 0.374 e. The SMILES string of the molecule is CCC(=O)N1CC(F)C1c1ccc(C2=NOC(c3cc(Cl)c(Cl)c(C(F)(F)F)c3)(C(F)(F)F)C2)cc1.